The first-order valence-corrected chi connectivity index (χ1v) is 6.88. The van der Waals surface area contributed by atoms with Crippen molar-refractivity contribution in [1.82, 2.24) is 9.80 Å². The topological polar surface area (TPSA) is 49.6 Å². The van der Waals surface area contributed by atoms with Gasteiger partial charge in [-0.15, -0.1) is 0 Å². The van der Waals surface area contributed by atoms with Gasteiger partial charge in [-0.3, -0.25) is 4.79 Å². The number of amides is 1. The van der Waals surface area contributed by atoms with Gasteiger partial charge >= 0.3 is 0 Å². The molecule has 0 radical (unpaired) electrons. The van der Waals surface area contributed by atoms with Crippen LogP contribution >= 0.6 is 0 Å². The van der Waals surface area contributed by atoms with E-state index in [1.54, 1.807) is 0 Å². The van der Waals surface area contributed by atoms with E-state index in [9.17, 15) is 4.79 Å². The van der Waals surface area contributed by atoms with Gasteiger partial charge in [-0.2, -0.15) is 0 Å². The predicted molar refractivity (Wildman–Crippen MR) is 68.6 cm³/mol. The zero-order valence-corrected chi connectivity index (χ0v) is 10.9. The van der Waals surface area contributed by atoms with Crippen LogP contribution in [0.1, 0.15) is 25.7 Å². The average molecular weight is 239 g/mol. The van der Waals surface area contributed by atoms with E-state index in [0.29, 0.717) is 11.8 Å². The molecule has 0 aromatic rings. The number of hydrogen-bond donors (Lipinski definition) is 1. The molecule has 1 saturated heterocycles. The van der Waals surface area contributed by atoms with Crippen molar-refractivity contribution in [2.45, 2.75) is 25.7 Å². The summed E-state index contributed by atoms with van der Waals surface area (Å²) >= 11 is 0. The molecule has 0 aromatic carbocycles. The third-order valence-corrected chi connectivity index (χ3v) is 4.34. The number of nitrogens with two attached hydrogens (primary N) is 1. The van der Waals surface area contributed by atoms with E-state index in [1.165, 1.54) is 0 Å². The van der Waals surface area contributed by atoms with Crippen molar-refractivity contribution in [3.63, 3.8) is 0 Å². The minimum Gasteiger partial charge on any atom is -0.340 e. The van der Waals surface area contributed by atoms with Gasteiger partial charge in [0.15, 0.2) is 0 Å². The smallest absolute Gasteiger partial charge is 0.225 e. The predicted octanol–water partition coefficient (Wildman–Crippen LogP) is 0.526. The number of likely N-dealkylation sites (N-methyl/N-ethyl adjacent to an activating group) is 1. The lowest BCUT2D eigenvalue weighted by Gasteiger charge is -2.36. The summed E-state index contributed by atoms with van der Waals surface area (Å²) in [7, 11) is 2.12. The fraction of sp³-hybridized carbons (Fsp3) is 0.923. The van der Waals surface area contributed by atoms with E-state index < -0.39 is 0 Å². The Morgan fingerprint density at radius 2 is 1.71 bits per heavy atom. The minimum absolute atomic E-state index is 0.279. The molecule has 2 N–H and O–H groups in total. The normalized spacial score (nSPS) is 31.5. The molecule has 0 unspecified atom stereocenters. The van der Waals surface area contributed by atoms with Gasteiger partial charge in [0.2, 0.25) is 5.91 Å². The summed E-state index contributed by atoms with van der Waals surface area (Å²) in [4.78, 5) is 16.7. The van der Waals surface area contributed by atoms with Crippen LogP contribution in [-0.2, 0) is 4.79 Å². The van der Waals surface area contributed by atoms with Crippen molar-refractivity contribution in [2.24, 2.45) is 17.6 Å². The Kier molecular flexibility index (Phi) is 4.40. The van der Waals surface area contributed by atoms with Crippen LogP contribution < -0.4 is 5.73 Å². The molecule has 2 aliphatic rings. The van der Waals surface area contributed by atoms with Gasteiger partial charge in [0.05, 0.1) is 0 Å². The standard InChI is InChI=1S/C13H25N3O/c1-15-6-8-16(9-7-15)13(17)12-4-2-11(10-14)3-5-12/h11-12H,2-10,14H2,1H3. The van der Waals surface area contributed by atoms with E-state index in [1.807, 2.05) is 0 Å². The summed E-state index contributed by atoms with van der Waals surface area (Å²) in [5, 5.41) is 0. The van der Waals surface area contributed by atoms with Crippen LogP contribution in [0.3, 0.4) is 0 Å². The van der Waals surface area contributed by atoms with Crippen molar-refractivity contribution in [1.29, 1.82) is 0 Å². The summed E-state index contributed by atoms with van der Waals surface area (Å²) in [5.74, 6) is 1.33. The first kappa shape index (κ1) is 12.8. The highest BCUT2D eigenvalue weighted by Crippen LogP contribution is 2.29. The SMILES string of the molecule is CN1CCN(C(=O)C2CCC(CN)CC2)CC1. The van der Waals surface area contributed by atoms with Crippen LogP contribution in [-0.4, -0.2) is 55.5 Å². The summed E-state index contributed by atoms with van der Waals surface area (Å²) in [5.41, 5.74) is 5.68. The van der Waals surface area contributed by atoms with Gasteiger partial charge in [0, 0.05) is 32.1 Å². The van der Waals surface area contributed by atoms with Gasteiger partial charge in [0.1, 0.15) is 0 Å². The third-order valence-electron chi connectivity index (χ3n) is 4.34. The molecule has 0 aromatic heterocycles. The van der Waals surface area contributed by atoms with E-state index >= 15 is 0 Å². The molecule has 2 fully saturated rings. The van der Waals surface area contributed by atoms with Crippen molar-refractivity contribution >= 4 is 5.91 Å². The minimum atomic E-state index is 0.279. The fourth-order valence-electron chi connectivity index (χ4n) is 2.93. The molecule has 1 heterocycles. The van der Waals surface area contributed by atoms with Crippen LogP contribution in [0, 0.1) is 11.8 Å². The Labute approximate surface area is 104 Å². The van der Waals surface area contributed by atoms with Gasteiger partial charge in [-0.1, -0.05) is 0 Å². The zero-order chi connectivity index (χ0) is 12.3. The van der Waals surface area contributed by atoms with E-state index in [4.69, 9.17) is 5.73 Å². The second kappa shape index (κ2) is 5.83. The van der Waals surface area contributed by atoms with E-state index in [0.717, 1.165) is 58.4 Å². The number of hydrogen-bond acceptors (Lipinski definition) is 3. The summed E-state index contributed by atoms with van der Waals surface area (Å²) in [6, 6.07) is 0. The first-order valence-electron chi connectivity index (χ1n) is 6.88. The van der Waals surface area contributed by atoms with Crippen LogP contribution in [0.15, 0.2) is 0 Å². The zero-order valence-electron chi connectivity index (χ0n) is 10.9. The van der Waals surface area contributed by atoms with Gasteiger partial charge in [-0.25, -0.2) is 0 Å². The molecular formula is C13H25N3O. The molecule has 4 nitrogen and oxygen atoms in total. The van der Waals surface area contributed by atoms with E-state index in [-0.39, 0.29) is 5.92 Å². The molecule has 1 aliphatic carbocycles. The molecule has 0 bridgehead atoms. The third kappa shape index (κ3) is 3.19. The largest absolute Gasteiger partial charge is 0.340 e. The van der Waals surface area contributed by atoms with Crippen LogP contribution in [0.25, 0.3) is 0 Å². The molecular weight excluding hydrogens is 214 g/mol. The van der Waals surface area contributed by atoms with Crippen LogP contribution in [0.5, 0.6) is 0 Å². The summed E-state index contributed by atoms with van der Waals surface area (Å²) in [6.07, 6.45) is 4.38. The molecule has 17 heavy (non-hydrogen) atoms. The van der Waals surface area contributed by atoms with E-state index in [2.05, 4.69) is 16.8 Å². The molecule has 1 aliphatic heterocycles. The Morgan fingerprint density at radius 3 is 2.24 bits per heavy atom. The van der Waals surface area contributed by atoms with Crippen molar-refractivity contribution in [3.05, 3.63) is 0 Å². The molecule has 4 heteroatoms. The fourth-order valence-corrected chi connectivity index (χ4v) is 2.93. The number of carbonyl (C=O) groups is 1. The summed E-state index contributed by atoms with van der Waals surface area (Å²) < 4.78 is 0. The maximum Gasteiger partial charge on any atom is 0.225 e. The quantitative estimate of drug-likeness (QED) is 0.764. The highest BCUT2D eigenvalue weighted by molar-refractivity contribution is 5.79. The Bertz CT molecular complexity index is 253. The molecule has 2 rings (SSSR count). The lowest BCUT2D eigenvalue weighted by molar-refractivity contribution is -0.138. The maximum atomic E-state index is 12.3. The van der Waals surface area contributed by atoms with Gasteiger partial charge in [-0.05, 0) is 45.2 Å². The number of carbonyl (C=O) groups excluding carboxylic acids is 1. The Hall–Kier alpha value is -0.610. The molecule has 0 atom stereocenters. The second-order valence-corrected chi connectivity index (χ2v) is 5.58. The Morgan fingerprint density at radius 1 is 1.12 bits per heavy atom. The monoisotopic (exact) mass is 239 g/mol. The van der Waals surface area contributed by atoms with Crippen LogP contribution in [0.2, 0.25) is 0 Å². The second-order valence-electron chi connectivity index (χ2n) is 5.58. The van der Waals surface area contributed by atoms with Crippen molar-refractivity contribution in [2.75, 3.05) is 39.8 Å². The highest BCUT2D eigenvalue weighted by atomic mass is 16.2. The number of piperazine rings is 1. The van der Waals surface area contributed by atoms with Crippen molar-refractivity contribution in [3.8, 4) is 0 Å². The van der Waals surface area contributed by atoms with Gasteiger partial charge in [0.25, 0.3) is 0 Å². The molecule has 1 saturated carbocycles. The highest BCUT2D eigenvalue weighted by Gasteiger charge is 2.30. The van der Waals surface area contributed by atoms with Crippen LogP contribution in [0.4, 0.5) is 0 Å². The lowest BCUT2D eigenvalue weighted by atomic mass is 9.81. The summed E-state index contributed by atoms with van der Waals surface area (Å²) in [6.45, 7) is 4.64. The molecule has 0 spiro atoms. The Balaban J connectivity index is 1.80. The molecule has 98 valence electrons. The molecule has 1 amide bonds. The average Bonchev–Trinajstić information content (AvgIpc) is 2.39. The maximum absolute atomic E-state index is 12.3. The number of rotatable bonds is 2. The van der Waals surface area contributed by atoms with Gasteiger partial charge < -0.3 is 15.5 Å². The first-order chi connectivity index (χ1) is 8.20. The van der Waals surface area contributed by atoms with Crippen molar-refractivity contribution < 1.29 is 4.79 Å². The number of nitrogens with zero attached hydrogens (tertiary/aromatic N) is 2. The lowest BCUT2D eigenvalue weighted by Crippen LogP contribution is -2.49.